The first-order valence-electron chi connectivity index (χ1n) is 8.62. The van der Waals surface area contributed by atoms with Crippen molar-refractivity contribution in [1.29, 1.82) is 0 Å². The van der Waals surface area contributed by atoms with Crippen LogP contribution in [0.15, 0.2) is 4.99 Å². The zero-order valence-corrected chi connectivity index (χ0v) is 25.0. The van der Waals surface area contributed by atoms with E-state index in [0.717, 1.165) is 35.6 Å². The van der Waals surface area contributed by atoms with Gasteiger partial charge in [0.2, 0.25) is 0 Å². The van der Waals surface area contributed by atoms with Crippen LogP contribution in [0.3, 0.4) is 0 Å². The zero-order chi connectivity index (χ0) is 22.1. The number of thioether (sulfide) groups is 9. The highest BCUT2D eigenvalue weighted by Gasteiger charge is 2.01. The molecule has 1 unspecified atom stereocenters. The van der Waals surface area contributed by atoms with Crippen LogP contribution in [-0.2, 0) is 10.8 Å². The monoisotopic (exact) mass is 606 g/mol. The van der Waals surface area contributed by atoms with Crippen LogP contribution in [0.1, 0.15) is 6.42 Å². The Balaban J connectivity index is 3.25. The molecule has 0 aliphatic carbocycles. The molecule has 5 nitrogen and oxygen atoms in total. The molecule has 1 amide bonds. The maximum atomic E-state index is 11.7. The van der Waals surface area contributed by atoms with Gasteiger partial charge in [-0.25, -0.2) is 0 Å². The maximum absolute atomic E-state index is 11.7. The van der Waals surface area contributed by atoms with Crippen molar-refractivity contribution in [3.63, 3.8) is 0 Å². The van der Waals surface area contributed by atoms with Gasteiger partial charge in [-0.3, -0.25) is 14.0 Å². The van der Waals surface area contributed by atoms with Gasteiger partial charge in [0, 0.05) is 48.0 Å². The van der Waals surface area contributed by atoms with Crippen molar-refractivity contribution in [2.45, 2.75) is 6.42 Å². The Morgan fingerprint density at radius 2 is 1.53 bits per heavy atom. The summed E-state index contributed by atoms with van der Waals surface area (Å²) in [5.74, 6) is 1.75. The zero-order valence-electron chi connectivity index (χ0n) is 16.9. The van der Waals surface area contributed by atoms with E-state index in [2.05, 4.69) is 16.6 Å². The molecular weight excluding hydrogens is 577 g/mol. The third-order valence-corrected chi connectivity index (χ3v) is 14.1. The van der Waals surface area contributed by atoms with Gasteiger partial charge in [0.15, 0.2) is 0 Å². The molecule has 0 fully saturated rings. The largest absolute Gasteiger partial charge is 0.396 e. The van der Waals surface area contributed by atoms with Gasteiger partial charge >= 0.3 is 0 Å². The lowest BCUT2D eigenvalue weighted by atomic mass is 10.5. The van der Waals surface area contributed by atoms with E-state index in [4.69, 9.17) is 5.11 Å². The first-order valence-corrected chi connectivity index (χ1v) is 20.5. The van der Waals surface area contributed by atoms with Crippen molar-refractivity contribution in [1.82, 2.24) is 5.32 Å². The summed E-state index contributed by atoms with van der Waals surface area (Å²) in [7, 11) is -1.06. The summed E-state index contributed by atoms with van der Waals surface area (Å²) in [5.41, 5.74) is 1.48. The second kappa shape index (κ2) is 27.6. The average molecular weight is 607 g/mol. The molecule has 178 valence electrons. The van der Waals surface area contributed by atoms with E-state index in [1.54, 1.807) is 35.3 Å². The number of aliphatic imine (C=N–C) groups is 1. The number of carbonyl (C=O) groups excluding carboxylic acids is 1. The van der Waals surface area contributed by atoms with Gasteiger partial charge in [0.05, 0.1) is 28.1 Å². The summed E-state index contributed by atoms with van der Waals surface area (Å²) in [4.78, 5) is 15.9. The Morgan fingerprint density at radius 3 is 2.20 bits per heavy atom. The normalized spacial score (nSPS) is 12.5. The third kappa shape index (κ3) is 26.7. The van der Waals surface area contributed by atoms with E-state index in [1.807, 2.05) is 58.8 Å². The summed E-state index contributed by atoms with van der Waals surface area (Å²) in [5, 5.41) is 18.7. The quantitative estimate of drug-likeness (QED) is 0.0687. The van der Waals surface area contributed by atoms with Crippen molar-refractivity contribution in [2.24, 2.45) is 4.99 Å². The minimum atomic E-state index is -1.06. The van der Waals surface area contributed by atoms with E-state index in [0.29, 0.717) is 23.9 Å². The van der Waals surface area contributed by atoms with Gasteiger partial charge in [0.1, 0.15) is 0 Å². The SMILES string of the molecule is CSCSCSCSCSC(=O)NCSCSCSCSCN=CS(=O)CCCO. The third-order valence-electron chi connectivity index (χ3n) is 2.49. The Labute approximate surface area is 222 Å². The summed E-state index contributed by atoms with van der Waals surface area (Å²) in [6, 6.07) is 0. The second-order valence-corrected chi connectivity index (χ2v) is 17.5. The van der Waals surface area contributed by atoms with Crippen molar-refractivity contribution in [3.8, 4) is 0 Å². The van der Waals surface area contributed by atoms with E-state index < -0.39 is 10.8 Å². The molecule has 15 heteroatoms. The fourth-order valence-electron chi connectivity index (χ4n) is 1.31. The molecule has 0 bridgehead atoms. The highest BCUT2D eigenvalue weighted by Crippen LogP contribution is 2.23. The number of nitrogens with zero attached hydrogens (tertiary/aromatic N) is 1. The second-order valence-electron chi connectivity index (χ2n) is 4.87. The van der Waals surface area contributed by atoms with Crippen molar-refractivity contribution in [2.75, 3.05) is 66.0 Å². The van der Waals surface area contributed by atoms with Crippen LogP contribution in [0.5, 0.6) is 0 Å². The fourth-order valence-corrected chi connectivity index (χ4v) is 11.7. The number of carbonyl (C=O) groups is 1. The molecule has 2 N–H and O–H groups in total. The van der Waals surface area contributed by atoms with Gasteiger partial charge in [-0.1, -0.05) is 11.8 Å². The molecule has 0 aromatic rings. The summed E-state index contributed by atoms with van der Waals surface area (Å²) in [6.07, 6.45) is 2.67. The van der Waals surface area contributed by atoms with Crippen molar-refractivity contribution >= 4 is 127 Å². The van der Waals surface area contributed by atoms with E-state index in [-0.39, 0.29) is 11.8 Å². The maximum Gasteiger partial charge on any atom is 0.280 e. The molecule has 0 rings (SSSR count). The number of hydrogen-bond donors (Lipinski definition) is 2. The lowest BCUT2D eigenvalue weighted by molar-refractivity contribution is 0.262. The van der Waals surface area contributed by atoms with Crippen LogP contribution >= 0.6 is 106 Å². The first-order chi connectivity index (χ1) is 14.7. The van der Waals surface area contributed by atoms with E-state index >= 15 is 0 Å². The average Bonchev–Trinajstić information content (AvgIpc) is 2.74. The van der Waals surface area contributed by atoms with Crippen LogP contribution in [-0.4, -0.2) is 86.1 Å². The molecule has 0 heterocycles. The Hall–Kier alpha value is 2.40. The molecular formula is C15H30N2O3S10. The van der Waals surface area contributed by atoms with Crippen LogP contribution in [0.2, 0.25) is 0 Å². The standard InChI is InChI=1S/C15H30N2O3S10/c1-21-8-24-11-27-13-28-14-29-15(19)17-6-23-10-26-12-25-9-22-5-16-7-30(20)4-2-3-18/h7,18H,2-6,8-14H2,1H3,(H,17,19). The minimum absolute atomic E-state index is 0.0605. The predicted molar refractivity (Wildman–Crippen MR) is 160 cm³/mol. The van der Waals surface area contributed by atoms with Gasteiger partial charge in [0.25, 0.3) is 5.24 Å². The minimum Gasteiger partial charge on any atom is -0.396 e. The van der Waals surface area contributed by atoms with Crippen LogP contribution < -0.4 is 5.32 Å². The molecule has 30 heavy (non-hydrogen) atoms. The van der Waals surface area contributed by atoms with Crippen LogP contribution in [0.25, 0.3) is 0 Å². The van der Waals surface area contributed by atoms with Gasteiger partial charge in [-0.2, -0.15) is 11.8 Å². The number of aliphatic hydroxyl groups is 1. The molecule has 0 aliphatic rings. The molecule has 0 aliphatic heterocycles. The number of amides is 1. The molecule has 0 aromatic carbocycles. The fraction of sp³-hybridized carbons (Fsp3) is 0.867. The number of aliphatic hydroxyl groups excluding tert-OH is 1. The van der Waals surface area contributed by atoms with Gasteiger partial charge in [-0.05, 0) is 12.7 Å². The number of nitrogens with one attached hydrogen (secondary N) is 1. The van der Waals surface area contributed by atoms with Crippen molar-refractivity contribution < 1.29 is 14.1 Å². The Morgan fingerprint density at radius 1 is 0.933 bits per heavy atom. The predicted octanol–water partition coefficient (Wildman–Crippen LogP) is 5.70. The molecule has 0 saturated carbocycles. The van der Waals surface area contributed by atoms with Gasteiger partial charge < -0.3 is 10.4 Å². The summed E-state index contributed by atoms with van der Waals surface area (Å²) < 4.78 is 11.4. The lowest BCUT2D eigenvalue weighted by Gasteiger charge is -2.05. The molecule has 0 saturated heterocycles. The molecule has 0 aromatic heterocycles. The van der Waals surface area contributed by atoms with Crippen molar-refractivity contribution in [3.05, 3.63) is 0 Å². The molecule has 1 atom stereocenters. The lowest BCUT2D eigenvalue weighted by Crippen LogP contribution is -2.17. The van der Waals surface area contributed by atoms with Crippen LogP contribution in [0, 0.1) is 0 Å². The Bertz CT molecular complexity index is 449. The van der Waals surface area contributed by atoms with Gasteiger partial charge in [-0.15, -0.1) is 82.3 Å². The summed E-state index contributed by atoms with van der Waals surface area (Å²) in [6.45, 7) is 0.0724. The van der Waals surface area contributed by atoms with Crippen LogP contribution in [0.4, 0.5) is 4.79 Å². The van der Waals surface area contributed by atoms with E-state index in [9.17, 15) is 9.00 Å². The molecule has 0 radical (unpaired) electrons. The number of hydrogen-bond acceptors (Lipinski definition) is 13. The number of rotatable bonds is 22. The highest BCUT2D eigenvalue weighted by atomic mass is 32.3. The molecule has 0 spiro atoms. The smallest absolute Gasteiger partial charge is 0.280 e. The Kier molecular flexibility index (Phi) is 29.9. The first kappa shape index (κ1) is 32.4. The summed E-state index contributed by atoms with van der Waals surface area (Å²) >= 11 is 16.0. The van der Waals surface area contributed by atoms with E-state index in [1.165, 1.54) is 17.3 Å². The topological polar surface area (TPSA) is 78.8 Å². The highest BCUT2D eigenvalue weighted by molar-refractivity contribution is 8.30.